The van der Waals surface area contributed by atoms with Gasteiger partial charge in [0.25, 0.3) is 0 Å². The molecule has 0 aliphatic heterocycles. The average Bonchev–Trinajstić information content (AvgIpc) is 2.24. The summed E-state index contributed by atoms with van der Waals surface area (Å²) in [6.07, 6.45) is 0. The summed E-state index contributed by atoms with van der Waals surface area (Å²) >= 11 is 6.08. The summed E-state index contributed by atoms with van der Waals surface area (Å²) in [6, 6.07) is 12.8. The van der Waals surface area contributed by atoms with Gasteiger partial charge in [-0.25, -0.2) is 0 Å². The normalized spacial score (nSPS) is 10.5. The van der Waals surface area contributed by atoms with Crippen LogP contribution in [0.1, 0.15) is 11.1 Å². The van der Waals surface area contributed by atoms with E-state index in [-0.39, 0.29) is 0 Å². The molecule has 0 saturated heterocycles. The Hall–Kier alpha value is -0.350. The first-order valence-corrected chi connectivity index (χ1v) is 6.99. The van der Waals surface area contributed by atoms with Crippen molar-refractivity contribution in [1.82, 2.24) is 0 Å². The summed E-state index contributed by atoms with van der Waals surface area (Å²) in [5.41, 5.74) is 5.20. The van der Waals surface area contributed by atoms with Crippen molar-refractivity contribution in [3.8, 4) is 11.1 Å². The Kier molecular flexibility index (Phi) is 3.70. The molecule has 0 saturated carbocycles. The van der Waals surface area contributed by atoms with Crippen LogP contribution in [0.3, 0.4) is 0 Å². The Morgan fingerprint density at radius 1 is 0.938 bits per heavy atom. The molecular weight excluding hydrogens is 375 g/mol. The standard InChI is InChI=1S/C14H12BrI/c1-9-5-4-8-12(16)13(9)11-7-3-6-10(2)14(11)15/h3-8H,1-2H3. The first-order valence-electron chi connectivity index (χ1n) is 5.12. The van der Waals surface area contributed by atoms with E-state index in [1.165, 1.54) is 30.3 Å². The molecule has 0 spiro atoms. The lowest BCUT2D eigenvalue weighted by Crippen LogP contribution is -1.90. The number of hydrogen-bond donors (Lipinski definition) is 0. The fraction of sp³-hybridized carbons (Fsp3) is 0.143. The van der Waals surface area contributed by atoms with Gasteiger partial charge in [0.15, 0.2) is 0 Å². The van der Waals surface area contributed by atoms with Gasteiger partial charge >= 0.3 is 0 Å². The molecule has 0 bridgehead atoms. The van der Waals surface area contributed by atoms with Crippen LogP contribution < -0.4 is 0 Å². The van der Waals surface area contributed by atoms with E-state index in [1.54, 1.807) is 0 Å². The molecule has 2 aromatic rings. The van der Waals surface area contributed by atoms with Gasteiger partial charge in [-0.05, 0) is 80.7 Å². The maximum Gasteiger partial charge on any atom is 0.0283 e. The average molecular weight is 387 g/mol. The highest BCUT2D eigenvalue weighted by Crippen LogP contribution is 2.35. The van der Waals surface area contributed by atoms with Crippen LogP contribution in [0.4, 0.5) is 0 Å². The zero-order valence-electron chi connectivity index (χ0n) is 9.22. The van der Waals surface area contributed by atoms with E-state index in [9.17, 15) is 0 Å². The molecule has 0 nitrogen and oxygen atoms in total. The Morgan fingerprint density at radius 3 is 2.25 bits per heavy atom. The van der Waals surface area contributed by atoms with Gasteiger partial charge in [0.05, 0.1) is 0 Å². The third-order valence-electron chi connectivity index (χ3n) is 2.68. The van der Waals surface area contributed by atoms with Crippen LogP contribution in [0.25, 0.3) is 11.1 Å². The summed E-state index contributed by atoms with van der Waals surface area (Å²) < 4.78 is 2.49. The topological polar surface area (TPSA) is 0 Å². The van der Waals surface area contributed by atoms with Crippen molar-refractivity contribution in [3.05, 3.63) is 55.6 Å². The number of hydrogen-bond acceptors (Lipinski definition) is 0. The largest absolute Gasteiger partial charge is 0.0613 e. The fourth-order valence-corrected chi connectivity index (χ4v) is 3.20. The lowest BCUT2D eigenvalue weighted by molar-refractivity contribution is 1.39. The van der Waals surface area contributed by atoms with Crippen LogP contribution in [0, 0.1) is 17.4 Å². The van der Waals surface area contributed by atoms with Gasteiger partial charge in [-0.1, -0.05) is 30.3 Å². The Balaban J connectivity index is 2.73. The van der Waals surface area contributed by atoms with E-state index in [2.05, 4.69) is 88.8 Å². The van der Waals surface area contributed by atoms with Gasteiger partial charge in [-0.15, -0.1) is 0 Å². The van der Waals surface area contributed by atoms with Crippen LogP contribution >= 0.6 is 38.5 Å². The van der Waals surface area contributed by atoms with E-state index in [0.29, 0.717) is 0 Å². The van der Waals surface area contributed by atoms with Crippen molar-refractivity contribution in [2.45, 2.75) is 13.8 Å². The minimum absolute atomic E-state index is 1.20. The zero-order chi connectivity index (χ0) is 11.7. The minimum atomic E-state index is 1.20. The molecule has 0 unspecified atom stereocenters. The highest BCUT2D eigenvalue weighted by atomic mass is 127. The van der Waals surface area contributed by atoms with Crippen molar-refractivity contribution < 1.29 is 0 Å². The number of aryl methyl sites for hydroxylation is 2. The number of benzene rings is 2. The fourth-order valence-electron chi connectivity index (χ4n) is 1.81. The van der Waals surface area contributed by atoms with Crippen molar-refractivity contribution in [2.24, 2.45) is 0 Å². The van der Waals surface area contributed by atoms with Gasteiger partial charge in [-0.2, -0.15) is 0 Å². The molecule has 0 radical (unpaired) electrons. The highest BCUT2D eigenvalue weighted by molar-refractivity contribution is 14.1. The second-order valence-corrected chi connectivity index (χ2v) is 5.82. The van der Waals surface area contributed by atoms with Gasteiger partial charge in [0, 0.05) is 8.04 Å². The number of rotatable bonds is 1. The van der Waals surface area contributed by atoms with E-state index in [0.717, 1.165) is 0 Å². The smallest absolute Gasteiger partial charge is 0.0283 e. The quantitative estimate of drug-likeness (QED) is 0.580. The second kappa shape index (κ2) is 4.88. The lowest BCUT2D eigenvalue weighted by Gasteiger charge is -2.12. The Labute approximate surface area is 118 Å². The molecule has 0 N–H and O–H groups in total. The third kappa shape index (κ3) is 2.18. The zero-order valence-corrected chi connectivity index (χ0v) is 13.0. The monoisotopic (exact) mass is 386 g/mol. The highest BCUT2D eigenvalue weighted by Gasteiger charge is 2.10. The van der Waals surface area contributed by atoms with Crippen LogP contribution in [0.15, 0.2) is 40.9 Å². The van der Waals surface area contributed by atoms with Crippen LogP contribution in [-0.4, -0.2) is 0 Å². The summed E-state index contributed by atoms with van der Waals surface area (Å²) in [4.78, 5) is 0. The van der Waals surface area contributed by atoms with Crippen molar-refractivity contribution in [1.29, 1.82) is 0 Å². The van der Waals surface area contributed by atoms with Crippen LogP contribution in [0.5, 0.6) is 0 Å². The van der Waals surface area contributed by atoms with Crippen molar-refractivity contribution in [2.75, 3.05) is 0 Å². The maximum absolute atomic E-state index is 3.68. The molecule has 0 heterocycles. The van der Waals surface area contributed by atoms with E-state index in [1.807, 2.05) is 0 Å². The Bertz CT molecular complexity index is 512. The molecule has 82 valence electrons. The van der Waals surface area contributed by atoms with Crippen molar-refractivity contribution in [3.63, 3.8) is 0 Å². The van der Waals surface area contributed by atoms with Crippen molar-refractivity contribution >= 4 is 38.5 Å². The molecule has 0 aliphatic rings. The Morgan fingerprint density at radius 2 is 1.56 bits per heavy atom. The summed E-state index contributed by atoms with van der Waals surface area (Å²) in [5, 5.41) is 0. The molecule has 0 atom stereocenters. The first kappa shape index (κ1) is 12.1. The molecule has 2 rings (SSSR count). The van der Waals surface area contributed by atoms with Crippen LogP contribution in [0.2, 0.25) is 0 Å². The lowest BCUT2D eigenvalue weighted by atomic mass is 9.99. The summed E-state index contributed by atoms with van der Waals surface area (Å²) in [6.45, 7) is 4.28. The van der Waals surface area contributed by atoms with Crippen LogP contribution in [-0.2, 0) is 0 Å². The van der Waals surface area contributed by atoms with Gasteiger partial charge in [0.2, 0.25) is 0 Å². The summed E-state index contributed by atoms with van der Waals surface area (Å²) in [7, 11) is 0. The van der Waals surface area contributed by atoms with Gasteiger partial charge in [0.1, 0.15) is 0 Å². The molecule has 0 amide bonds. The molecule has 2 aromatic carbocycles. The first-order chi connectivity index (χ1) is 7.61. The van der Waals surface area contributed by atoms with Gasteiger partial charge < -0.3 is 0 Å². The summed E-state index contributed by atoms with van der Waals surface area (Å²) in [5.74, 6) is 0. The van der Waals surface area contributed by atoms with E-state index in [4.69, 9.17) is 0 Å². The molecule has 0 fully saturated rings. The van der Waals surface area contributed by atoms with E-state index >= 15 is 0 Å². The minimum Gasteiger partial charge on any atom is -0.0613 e. The van der Waals surface area contributed by atoms with E-state index < -0.39 is 0 Å². The molecule has 0 aliphatic carbocycles. The number of halogens is 2. The molecular formula is C14H12BrI. The second-order valence-electron chi connectivity index (χ2n) is 3.87. The SMILES string of the molecule is Cc1cccc(-c2c(C)cccc2I)c1Br. The predicted octanol–water partition coefficient (Wildman–Crippen LogP) is 5.34. The third-order valence-corrected chi connectivity index (χ3v) is 4.63. The maximum atomic E-state index is 3.68. The van der Waals surface area contributed by atoms with Gasteiger partial charge in [-0.3, -0.25) is 0 Å². The molecule has 2 heteroatoms. The predicted molar refractivity (Wildman–Crippen MR) is 81.8 cm³/mol. The molecule has 16 heavy (non-hydrogen) atoms. The molecule has 0 aromatic heterocycles.